The maximum atomic E-state index is 10.0. The fourth-order valence-electron chi connectivity index (χ4n) is 1.16. The summed E-state index contributed by atoms with van der Waals surface area (Å²) in [6.45, 7) is 2.24. The molecule has 0 aromatic carbocycles. The Morgan fingerprint density at radius 3 is 2.31 bits per heavy atom. The minimum absolute atomic E-state index is 0.750. The Morgan fingerprint density at radius 1 is 1.00 bits per heavy atom. The van der Waals surface area contributed by atoms with Gasteiger partial charge >= 0.3 is 0 Å². The number of thioether (sulfide) groups is 1. The lowest BCUT2D eigenvalue weighted by Crippen LogP contribution is -1.85. The minimum atomic E-state index is 0.750. The van der Waals surface area contributed by atoms with Gasteiger partial charge in [-0.2, -0.15) is 11.8 Å². The first-order chi connectivity index (χ1) is 6.41. The van der Waals surface area contributed by atoms with E-state index in [0.717, 1.165) is 19.1 Å². The molecule has 0 aliphatic heterocycles. The number of unbranched alkanes of at least 4 members (excludes halogenated alkanes) is 5. The van der Waals surface area contributed by atoms with Crippen molar-refractivity contribution in [1.82, 2.24) is 0 Å². The molecule has 0 fully saturated rings. The van der Waals surface area contributed by atoms with Crippen LogP contribution in [0.3, 0.4) is 0 Å². The second kappa shape index (κ2) is 12.0. The van der Waals surface area contributed by atoms with Crippen LogP contribution in [0.4, 0.5) is 0 Å². The van der Waals surface area contributed by atoms with E-state index in [1.807, 2.05) is 0 Å². The summed E-state index contributed by atoms with van der Waals surface area (Å²) in [5, 5.41) is 0. The van der Waals surface area contributed by atoms with Crippen LogP contribution in [0.25, 0.3) is 0 Å². The summed E-state index contributed by atoms with van der Waals surface area (Å²) < 4.78 is 0. The number of hydrogen-bond acceptors (Lipinski definition) is 2. The van der Waals surface area contributed by atoms with E-state index in [9.17, 15) is 4.79 Å². The van der Waals surface area contributed by atoms with E-state index >= 15 is 0 Å². The minimum Gasteiger partial charge on any atom is -0.303 e. The molecule has 0 radical (unpaired) electrons. The summed E-state index contributed by atoms with van der Waals surface area (Å²) in [7, 11) is 0. The lowest BCUT2D eigenvalue weighted by Gasteiger charge is -2.00. The first-order valence-electron chi connectivity index (χ1n) is 5.43. The molecule has 0 aromatic rings. The van der Waals surface area contributed by atoms with Crippen LogP contribution in [0.2, 0.25) is 0 Å². The molecule has 0 atom stereocenters. The van der Waals surface area contributed by atoms with E-state index in [-0.39, 0.29) is 0 Å². The van der Waals surface area contributed by atoms with Crippen LogP contribution in [0.1, 0.15) is 51.9 Å². The smallest absolute Gasteiger partial charge is 0.119 e. The largest absolute Gasteiger partial charge is 0.303 e. The lowest BCUT2D eigenvalue weighted by atomic mass is 10.2. The average Bonchev–Trinajstić information content (AvgIpc) is 2.16. The highest BCUT2D eigenvalue weighted by Gasteiger charge is 1.91. The van der Waals surface area contributed by atoms with Crippen LogP contribution in [0, 0.1) is 0 Å². The van der Waals surface area contributed by atoms with Crippen molar-refractivity contribution in [3.05, 3.63) is 0 Å². The summed E-state index contributed by atoms with van der Waals surface area (Å²) in [5.74, 6) is 2.60. The van der Waals surface area contributed by atoms with Crippen LogP contribution >= 0.6 is 11.8 Å². The summed E-state index contributed by atoms with van der Waals surface area (Å²) in [5.41, 5.74) is 0. The Balaban J connectivity index is 2.79. The van der Waals surface area contributed by atoms with Crippen molar-refractivity contribution in [3.63, 3.8) is 0 Å². The highest BCUT2D eigenvalue weighted by Crippen LogP contribution is 2.10. The molecule has 1 nitrogen and oxygen atoms in total. The number of rotatable bonds is 10. The molecule has 0 saturated carbocycles. The second-order valence-electron chi connectivity index (χ2n) is 3.34. The number of aldehydes is 1. The van der Waals surface area contributed by atoms with Crippen LogP contribution < -0.4 is 0 Å². The quantitative estimate of drug-likeness (QED) is 0.397. The van der Waals surface area contributed by atoms with Crippen LogP contribution in [0.15, 0.2) is 0 Å². The van der Waals surface area contributed by atoms with Gasteiger partial charge in [-0.1, -0.05) is 26.2 Å². The van der Waals surface area contributed by atoms with Gasteiger partial charge in [0.15, 0.2) is 0 Å². The zero-order chi connectivity index (χ0) is 9.78. The van der Waals surface area contributed by atoms with Crippen LogP contribution in [-0.4, -0.2) is 17.8 Å². The third-order valence-corrected chi connectivity index (χ3v) is 3.16. The molecule has 0 aromatic heterocycles. The van der Waals surface area contributed by atoms with E-state index in [4.69, 9.17) is 0 Å². The molecule has 0 spiro atoms. The predicted molar refractivity (Wildman–Crippen MR) is 61.4 cm³/mol. The molecule has 0 N–H and O–H groups in total. The fraction of sp³-hybridized carbons (Fsp3) is 0.909. The fourth-order valence-corrected chi connectivity index (χ4v) is 2.19. The Hall–Kier alpha value is 0.0200. The molecular weight excluding hydrogens is 180 g/mol. The van der Waals surface area contributed by atoms with Crippen molar-refractivity contribution in [2.75, 3.05) is 11.5 Å². The van der Waals surface area contributed by atoms with E-state index in [1.165, 1.54) is 43.6 Å². The third kappa shape index (κ3) is 12.0. The zero-order valence-corrected chi connectivity index (χ0v) is 9.57. The molecule has 0 aliphatic carbocycles. The molecule has 0 unspecified atom stereocenters. The summed E-state index contributed by atoms with van der Waals surface area (Å²) >= 11 is 2.06. The molecule has 0 saturated heterocycles. The van der Waals surface area contributed by atoms with Crippen molar-refractivity contribution in [1.29, 1.82) is 0 Å². The molecule has 13 heavy (non-hydrogen) atoms. The van der Waals surface area contributed by atoms with E-state index in [0.29, 0.717) is 0 Å². The maximum absolute atomic E-state index is 10.0. The summed E-state index contributed by atoms with van der Waals surface area (Å²) in [4.78, 5) is 10.0. The third-order valence-electron chi connectivity index (χ3n) is 2.00. The number of carbonyl (C=O) groups excluding carboxylic acids is 1. The second-order valence-corrected chi connectivity index (χ2v) is 4.56. The van der Waals surface area contributed by atoms with Gasteiger partial charge in [-0.05, 0) is 30.8 Å². The van der Waals surface area contributed by atoms with Crippen LogP contribution in [-0.2, 0) is 4.79 Å². The SMILES string of the molecule is CCCCCSCCCCCC=O. The van der Waals surface area contributed by atoms with Gasteiger partial charge in [0.1, 0.15) is 6.29 Å². The first kappa shape index (κ1) is 13.0. The standard InChI is InChI=1S/C11H22OS/c1-2-3-7-10-13-11-8-5-4-6-9-12/h9H,2-8,10-11H2,1H3. The van der Waals surface area contributed by atoms with Crippen molar-refractivity contribution in [2.24, 2.45) is 0 Å². The van der Waals surface area contributed by atoms with Gasteiger partial charge in [0.05, 0.1) is 0 Å². The van der Waals surface area contributed by atoms with Gasteiger partial charge in [0.25, 0.3) is 0 Å². The van der Waals surface area contributed by atoms with Crippen LogP contribution in [0.5, 0.6) is 0 Å². The van der Waals surface area contributed by atoms with Crippen molar-refractivity contribution >= 4 is 18.0 Å². The Morgan fingerprint density at radius 2 is 1.69 bits per heavy atom. The van der Waals surface area contributed by atoms with E-state index in [2.05, 4.69) is 18.7 Å². The summed E-state index contributed by atoms with van der Waals surface area (Å²) in [6, 6.07) is 0. The highest BCUT2D eigenvalue weighted by atomic mass is 32.2. The van der Waals surface area contributed by atoms with Crippen molar-refractivity contribution < 1.29 is 4.79 Å². The molecule has 0 rings (SSSR count). The van der Waals surface area contributed by atoms with Gasteiger partial charge in [-0.25, -0.2) is 0 Å². The van der Waals surface area contributed by atoms with Crippen molar-refractivity contribution in [2.45, 2.75) is 51.9 Å². The summed E-state index contributed by atoms with van der Waals surface area (Å²) in [6.07, 6.45) is 9.42. The monoisotopic (exact) mass is 202 g/mol. The number of carbonyl (C=O) groups is 1. The van der Waals surface area contributed by atoms with Gasteiger partial charge in [-0.3, -0.25) is 0 Å². The lowest BCUT2D eigenvalue weighted by molar-refractivity contribution is -0.107. The van der Waals surface area contributed by atoms with Gasteiger partial charge in [-0.15, -0.1) is 0 Å². The zero-order valence-electron chi connectivity index (χ0n) is 8.76. The molecule has 0 heterocycles. The normalized spacial score (nSPS) is 10.2. The topological polar surface area (TPSA) is 17.1 Å². The van der Waals surface area contributed by atoms with Crippen molar-refractivity contribution in [3.8, 4) is 0 Å². The van der Waals surface area contributed by atoms with E-state index < -0.39 is 0 Å². The number of hydrogen-bond donors (Lipinski definition) is 0. The van der Waals surface area contributed by atoms with E-state index in [1.54, 1.807) is 0 Å². The molecule has 2 heteroatoms. The predicted octanol–water partition coefficient (Wildman–Crippen LogP) is 3.67. The highest BCUT2D eigenvalue weighted by molar-refractivity contribution is 7.99. The van der Waals surface area contributed by atoms with Gasteiger partial charge < -0.3 is 4.79 Å². The molecule has 78 valence electrons. The average molecular weight is 202 g/mol. The van der Waals surface area contributed by atoms with Gasteiger partial charge in [0.2, 0.25) is 0 Å². The Bertz CT molecular complexity index is 104. The first-order valence-corrected chi connectivity index (χ1v) is 6.58. The Labute approximate surface area is 86.7 Å². The van der Waals surface area contributed by atoms with Gasteiger partial charge in [0, 0.05) is 6.42 Å². The Kier molecular flexibility index (Phi) is 12.0. The molecule has 0 aliphatic rings. The molecule has 0 amide bonds. The molecule has 0 bridgehead atoms. The maximum Gasteiger partial charge on any atom is 0.119 e. The molecular formula is C11H22OS.